The molecule has 0 aliphatic carbocycles. The van der Waals surface area contributed by atoms with Gasteiger partial charge in [0.05, 0.1) is 0 Å². The maximum absolute atomic E-state index is 6.07. The summed E-state index contributed by atoms with van der Waals surface area (Å²) in [6.45, 7) is 0. The molecule has 2 N–H and O–H groups in total. The minimum Gasteiger partial charge on any atom is -0.398 e. The summed E-state index contributed by atoms with van der Waals surface area (Å²) in [5.74, 6) is 0.692. The van der Waals surface area contributed by atoms with Gasteiger partial charge in [0.15, 0.2) is 5.16 Å². The Morgan fingerprint density at radius 1 is 1.50 bits per heavy atom. The fourth-order valence-electron chi connectivity index (χ4n) is 1.27. The molecule has 0 fully saturated rings. The van der Waals surface area contributed by atoms with Crippen molar-refractivity contribution in [1.82, 2.24) is 14.8 Å². The number of halogens is 1. The molecule has 1 heterocycles. The van der Waals surface area contributed by atoms with Crippen LogP contribution in [0, 0.1) is 0 Å². The summed E-state index contributed by atoms with van der Waals surface area (Å²) in [4.78, 5) is 0. The molecule has 4 nitrogen and oxygen atoms in total. The Morgan fingerprint density at radius 3 is 2.94 bits per heavy atom. The van der Waals surface area contributed by atoms with Crippen molar-refractivity contribution in [1.29, 1.82) is 0 Å². The van der Waals surface area contributed by atoms with Crippen LogP contribution in [0.5, 0.6) is 0 Å². The van der Waals surface area contributed by atoms with Gasteiger partial charge in [-0.05, 0) is 12.1 Å². The van der Waals surface area contributed by atoms with E-state index in [1.54, 1.807) is 18.1 Å². The minimum absolute atomic E-state index is 0.690. The van der Waals surface area contributed by atoms with Crippen LogP contribution in [0.4, 0.5) is 5.69 Å². The zero-order valence-electron chi connectivity index (χ0n) is 8.72. The van der Waals surface area contributed by atoms with E-state index in [1.807, 2.05) is 29.8 Å². The Bertz CT molecular complexity index is 477. The third kappa shape index (κ3) is 2.31. The van der Waals surface area contributed by atoms with E-state index in [-0.39, 0.29) is 0 Å². The van der Waals surface area contributed by atoms with Crippen molar-refractivity contribution in [3.63, 3.8) is 0 Å². The van der Waals surface area contributed by atoms with Crippen molar-refractivity contribution in [2.45, 2.75) is 10.9 Å². The van der Waals surface area contributed by atoms with Crippen molar-refractivity contribution in [3.8, 4) is 0 Å². The molecule has 0 spiro atoms. The second-order valence-corrected chi connectivity index (χ2v) is 4.67. The zero-order valence-corrected chi connectivity index (χ0v) is 10.3. The van der Waals surface area contributed by atoms with Crippen molar-refractivity contribution in [2.24, 2.45) is 7.05 Å². The lowest BCUT2D eigenvalue weighted by Gasteiger charge is -2.06. The number of nitrogen functional groups attached to an aromatic ring is 1. The molecule has 2 rings (SSSR count). The van der Waals surface area contributed by atoms with Crippen LogP contribution in [0.3, 0.4) is 0 Å². The van der Waals surface area contributed by atoms with Crippen LogP contribution >= 0.6 is 23.4 Å². The molecule has 0 aliphatic heterocycles. The molecule has 0 saturated carbocycles. The van der Waals surface area contributed by atoms with Gasteiger partial charge in [0, 0.05) is 29.1 Å². The predicted octanol–water partition coefficient (Wildman–Crippen LogP) is 2.34. The number of thioether (sulfide) groups is 1. The van der Waals surface area contributed by atoms with Crippen molar-refractivity contribution >= 4 is 29.1 Å². The van der Waals surface area contributed by atoms with E-state index in [0.717, 1.165) is 10.7 Å². The molecule has 0 saturated heterocycles. The Balaban J connectivity index is 2.14. The van der Waals surface area contributed by atoms with Crippen molar-refractivity contribution in [3.05, 3.63) is 35.1 Å². The van der Waals surface area contributed by atoms with Gasteiger partial charge in [-0.3, -0.25) is 0 Å². The molecule has 1 aromatic carbocycles. The first-order valence-corrected chi connectivity index (χ1v) is 6.04. The van der Waals surface area contributed by atoms with E-state index in [0.29, 0.717) is 16.5 Å². The maximum atomic E-state index is 6.07. The number of hydrogen-bond donors (Lipinski definition) is 1. The Hall–Kier alpha value is -1.20. The fourth-order valence-corrected chi connectivity index (χ4v) is 2.55. The summed E-state index contributed by atoms with van der Waals surface area (Å²) in [5.41, 5.74) is 7.51. The monoisotopic (exact) mass is 254 g/mol. The summed E-state index contributed by atoms with van der Waals surface area (Å²) in [5, 5.41) is 9.33. The topological polar surface area (TPSA) is 56.7 Å². The Kier molecular flexibility index (Phi) is 3.36. The summed E-state index contributed by atoms with van der Waals surface area (Å²) >= 11 is 7.63. The Morgan fingerprint density at radius 2 is 2.31 bits per heavy atom. The van der Waals surface area contributed by atoms with Crippen LogP contribution < -0.4 is 5.73 Å². The van der Waals surface area contributed by atoms with Crippen molar-refractivity contribution < 1.29 is 0 Å². The van der Waals surface area contributed by atoms with Gasteiger partial charge in [0.2, 0.25) is 0 Å². The summed E-state index contributed by atoms with van der Waals surface area (Å²) < 4.78 is 1.86. The molecule has 6 heteroatoms. The predicted molar refractivity (Wildman–Crippen MR) is 66.4 cm³/mol. The van der Waals surface area contributed by atoms with Gasteiger partial charge < -0.3 is 10.3 Å². The van der Waals surface area contributed by atoms with Gasteiger partial charge in [-0.25, -0.2) is 0 Å². The van der Waals surface area contributed by atoms with Crippen LogP contribution in [-0.2, 0) is 12.8 Å². The molecule has 0 aliphatic rings. The molecule has 0 amide bonds. The van der Waals surface area contributed by atoms with Gasteiger partial charge in [-0.1, -0.05) is 29.4 Å². The molecule has 84 valence electrons. The molecule has 0 bridgehead atoms. The Labute approximate surface area is 103 Å². The molecular weight excluding hydrogens is 244 g/mol. The van der Waals surface area contributed by atoms with Crippen LogP contribution in [0.1, 0.15) is 5.56 Å². The first kappa shape index (κ1) is 11.3. The van der Waals surface area contributed by atoms with E-state index in [9.17, 15) is 0 Å². The quantitative estimate of drug-likeness (QED) is 0.675. The number of aryl methyl sites for hydroxylation is 1. The highest BCUT2D eigenvalue weighted by Crippen LogP contribution is 2.28. The zero-order chi connectivity index (χ0) is 11.5. The number of aromatic nitrogens is 3. The largest absolute Gasteiger partial charge is 0.398 e. The molecule has 0 radical (unpaired) electrons. The highest BCUT2D eigenvalue weighted by atomic mass is 35.5. The molecule has 0 atom stereocenters. The smallest absolute Gasteiger partial charge is 0.191 e. The van der Waals surface area contributed by atoms with Crippen molar-refractivity contribution in [2.75, 3.05) is 5.73 Å². The number of hydrogen-bond acceptors (Lipinski definition) is 4. The van der Waals surface area contributed by atoms with Crippen LogP contribution in [0.25, 0.3) is 0 Å². The second kappa shape index (κ2) is 4.76. The van der Waals surface area contributed by atoms with Crippen LogP contribution in [0.2, 0.25) is 5.02 Å². The normalized spacial score (nSPS) is 10.6. The number of nitrogens with two attached hydrogens (primary N) is 1. The maximum Gasteiger partial charge on any atom is 0.191 e. The standard InChI is InChI=1S/C10H11ClN4S/c1-15-6-13-14-10(15)16-5-7-8(11)3-2-4-9(7)12/h2-4,6H,5,12H2,1H3. The third-order valence-corrected chi connectivity index (χ3v) is 3.59. The SMILES string of the molecule is Cn1cnnc1SCc1c(N)cccc1Cl. The summed E-state index contributed by atoms with van der Waals surface area (Å²) in [6.07, 6.45) is 1.66. The number of rotatable bonds is 3. The third-order valence-electron chi connectivity index (χ3n) is 2.17. The molecule has 16 heavy (non-hydrogen) atoms. The number of benzene rings is 1. The van der Waals surface area contributed by atoms with Gasteiger partial charge >= 0.3 is 0 Å². The molecule has 1 aromatic heterocycles. The van der Waals surface area contributed by atoms with E-state index >= 15 is 0 Å². The van der Waals surface area contributed by atoms with E-state index in [4.69, 9.17) is 17.3 Å². The first-order chi connectivity index (χ1) is 7.68. The molecular formula is C10H11ClN4S. The van der Waals surface area contributed by atoms with Crippen LogP contribution in [0.15, 0.2) is 29.7 Å². The second-order valence-electron chi connectivity index (χ2n) is 3.32. The summed E-state index contributed by atoms with van der Waals surface area (Å²) in [6, 6.07) is 5.52. The van der Waals surface area contributed by atoms with Gasteiger partial charge in [-0.15, -0.1) is 10.2 Å². The number of nitrogens with zero attached hydrogens (tertiary/aromatic N) is 3. The van der Waals surface area contributed by atoms with E-state index in [1.165, 1.54) is 0 Å². The van der Waals surface area contributed by atoms with E-state index in [2.05, 4.69) is 10.2 Å². The first-order valence-electron chi connectivity index (χ1n) is 4.68. The van der Waals surface area contributed by atoms with Gasteiger partial charge in [0.25, 0.3) is 0 Å². The van der Waals surface area contributed by atoms with Crippen LogP contribution in [-0.4, -0.2) is 14.8 Å². The number of anilines is 1. The molecule has 2 aromatic rings. The average Bonchev–Trinajstić information content (AvgIpc) is 2.64. The highest BCUT2D eigenvalue weighted by molar-refractivity contribution is 7.98. The average molecular weight is 255 g/mol. The minimum atomic E-state index is 0.690. The lowest BCUT2D eigenvalue weighted by molar-refractivity contribution is 0.788. The van der Waals surface area contributed by atoms with Gasteiger partial charge in [0.1, 0.15) is 6.33 Å². The molecule has 0 unspecified atom stereocenters. The summed E-state index contributed by atoms with van der Waals surface area (Å²) in [7, 11) is 1.90. The fraction of sp³-hybridized carbons (Fsp3) is 0.200. The highest BCUT2D eigenvalue weighted by Gasteiger charge is 2.07. The van der Waals surface area contributed by atoms with E-state index < -0.39 is 0 Å². The lowest BCUT2D eigenvalue weighted by atomic mass is 10.2. The van der Waals surface area contributed by atoms with Gasteiger partial charge in [-0.2, -0.15) is 0 Å². The lowest BCUT2D eigenvalue weighted by Crippen LogP contribution is -1.95.